The average Bonchev–Trinajstić information content (AvgIpc) is 2.42. The second kappa shape index (κ2) is 7.01. The third kappa shape index (κ3) is 4.04. The number of piperidine rings is 1. The van der Waals surface area contributed by atoms with Gasteiger partial charge in [0.15, 0.2) is 0 Å². The molecule has 0 saturated carbocycles. The fraction of sp³-hybridized carbons (Fsp3) is 0.500. The van der Waals surface area contributed by atoms with Gasteiger partial charge in [-0.25, -0.2) is 0 Å². The summed E-state index contributed by atoms with van der Waals surface area (Å²) in [5, 5.41) is 2.60. The van der Waals surface area contributed by atoms with Crippen LogP contribution < -0.4 is 10.1 Å². The van der Waals surface area contributed by atoms with Crippen molar-refractivity contribution < 1.29 is 9.53 Å². The molecule has 1 aliphatic heterocycles. The van der Waals surface area contributed by atoms with Crippen LogP contribution in [0.4, 0.5) is 5.69 Å². The Labute approximate surface area is 108 Å². The van der Waals surface area contributed by atoms with Crippen LogP contribution in [0.25, 0.3) is 0 Å². The maximum absolute atomic E-state index is 10.3. The molecule has 1 amide bonds. The Balaban J connectivity index is 1.70. The van der Waals surface area contributed by atoms with E-state index in [2.05, 4.69) is 10.2 Å². The maximum Gasteiger partial charge on any atom is 0.211 e. The summed E-state index contributed by atoms with van der Waals surface area (Å²) in [6.07, 6.45) is 4.66. The van der Waals surface area contributed by atoms with Crippen LogP contribution in [0.15, 0.2) is 24.3 Å². The first-order valence-corrected chi connectivity index (χ1v) is 6.54. The van der Waals surface area contributed by atoms with Crippen LogP contribution in [0.1, 0.15) is 19.3 Å². The van der Waals surface area contributed by atoms with Crippen molar-refractivity contribution in [2.24, 2.45) is 0 Å². The Bertz CT molecular complexity index is 359. The van der Waals surface area contributed by atoms with E-state index in [1.165, 1.54) is 32.4 Å². The van der Waals surface area contributed by atoms with E-state index >= 15 is 0 Å². The fourth-order valence-electron chi connectivity index (χ4n) is 2.19. The summed E-state index contributed by atoms with van der Waals surface area (Å²) in [5.41, 5.74) is 0.786. The molecular weight excluding hydrogens is 228 g/mol. The molecule has 0 aliphatic carbocycles. The monoisotopic (exact) mass is 248 g/mol. The normalized spacial score (nSPS) is 16.2. The Morgan fingerprint density at radius 3 is 2.56 bits per heavy atom. The zero-order valence-corrected chi connectivity index (χ0v) is 10.6. The first-order valence-electron chi connectivity index (χ1n) is 6.54. The van der Waals surface area contributed by atoms with Crippen molar-refractivity contribution >= 4 is 12.1 Å². The standard InChI is InChI=1S/C14H20N2O2/c17-12-15-13-4-6-14(7-5-13)18-11-10-16-8-2-1-3-9-16/h4-7,12H,1-3,8-11H2,(H,15,17). The summed E-state index contributed by atoms with van der Waals surface area (Å²) in [6, 6.07) is 7.43. The van der Waals surface area contributed by atoms with Crippen molar-refractivity contribution in [3.05, 3.63) is 24.3 Å². The second-order valence-corrected chi connectivity index (χ2v) is 4.54. The number of rotatable bonds is 6. The lowest BCUT2D eigenvalue weighted by molar-refractivity contribution is -0.105. The fourth-order valence-corrected chi connectivity index (χ4v) is 2.19. The highest BCUT2D eigenvalue weighted by Gasteiger charge is 2.09. The van der Waals surface area contributed by atoms with Crippen LogP contribution in [-0.4, -0.2) is 37.6 Å². The van der Waals surface area contributed by atoms with Gasteiger partial charge in [0.05, 0.1) is 0 Å². The minimum atomic E-state index is 0.673. The third-order valence-corrected chi connectivity index (χ3v) is 3.20. The smallest absolute Gasteiger partial charge is 0.211 e. The van der Waals surface area contributed by atoms with Gasteiger partial charge in [-0.05, 0) is 50.2 Å². The summed E-state index contributed by atoms with van der Waals surface area (Å²) in [6.45, 7) is 4.12. The van der Waals surface area contributed by atoms with E-state index < -0.39 is 0 Å². The molecule has 0 unspecified atom stereocenters. The van der Waals surface area contributed by atoms with Gasteiger partial charge in [0, 0.05) is 12.2 Å². The summed E-state index contributed by atoms with van der Waals surface area (Å²) >= 11 is 0. The molecular formula is C14H20N2O2. The summed E-state index contributed by atoms with van der Waals surface area (Å²) in [5.74, 6) is 0.850. The summed E-state index contributed by atoms with van der Waals surface area (Å²) in [7, 11) is 0. The molecule has 0 radical (unpaired) electrons. The molecule has 1 saturated heterocycles. The second-order valence-electron chi connectivity index (χ2n) is 4.54. The molecule has 18 heavy (non-hydrogen) atoms. The van der Waals surface area contributed by atoms with Crippen molar-refractivity contribution in [3.63, 3.8) is 0 Å². The third-order valence-electron chi connectivity index (χ3n) is 3.20. The SMILES string of the molecule is O=CNc1ccc(OCCN2CCCCC2)cc1. The predicted molar refractivity (Wildman–Crippen MR) is 71.9 cm³/mol. The molecule has 98 valence electrons. The van der Waals surface area contributed by atoms with Gasteiger partial charge in [0.25, 0.3) is 0 Å². The van der Waals surface area contributed by atoms with Crippen LogP contribution in [0, 0.1) is 0 Å². The van der Waals surface area contributed by atoms with Gasteiger partial charge in [-0.15, -0.1) is 0 Å². The molecule has 0 spiro atoms. The number of amides is 1. The van der Waals surface area contributed by atoms with E-state index in [0.29, 0.717) is 6.41 Å². The molecule has 1 heterocycles. The van der Waals surface area contributed by atoms with Crippen molar-refractivity contribution in [2.75, 3.05) is 31.6 Å². The van der Waals surface area contributed by atoms with E-state index in [0.717, 1.165) is 24.6 Å². The lowest BCUT2D eigenvalue weighted by Crippen LogP contribution is -2.33. The molecule has 2 rings (SSSR count). The Hall–Kier alpha value is -1.55. The van der Waals surface area contributed by atoms with Crippen LogP contribution in [0.5, 0.6) is 5.75 Å². The topological polar surface area (TPSA) is 41.6 Å². The lowest BCUT2D eigenvalue weighted by atomic mass is 10.1. The number of carbonyl (C=O) groups is 1. The van der Waals surface area contributed by atoms with Crippen molar-refractivity contribution in [1.82, 2.24) is 4.90 Å². The first kappa shape index (κ1) is 12.9. The zero-order chi connectivity index (χ0) is 12.6. The summed E-state index contributed by atoms with van der Waals surface area (Å²) < 4.78 is 5.68. The van der Waals surface area contributed by atoms with Gasteiger partial charge in [0.2, 0.25) is 6.41 Å². The summed E-state index contributed by atoms with van der Waals surface area (Å²) in [4.78, 5) is 12.7. The van der Waals surface area contributed by atoms with Gasteiger partial charge in [-0.2, -0.15) is 0 Å². The highest BCUT2D eigenvalue weighted by atomic mass is 16.5. The maximum atomic E-state index is 10.3. The van der Waals surface area contributed by atoms with Crippen LogP contribution in [0.3, 0.4) is 0 Å². The number of ether oxygens (including phenoxy) is 1. The van der Waals surface area contributed by atoms with Gasteiger partial charge >= 0.3 is 0 Å². The van der Waals surface area contributed by atoms with Crippen LogP contribution >= 0.6 is 0 Å². The predicted octanol–water partition coefficient (Wildman–Crippen LogP) is 2.12. The molecule has 1 fully saturated rings. The molecule has 1 N–H and O–H groups in total. The van der Waals surface area contributed by atoms with E-state index in [4.69, 9.17) is 4.74 Å². The van der Waals surface area contributed by atoms with Crippen LogP contribution in [-0.2, 0) is 4.79 Å². The number of likely N-dealkylation sites (tertiary alicyclic amines) is 1. The Morgan fingerprint density at radius 1 is 1.17 bits per heavy atom. The molecule has 0 atom stereocenters. The number of anilines is 1. The Morgan fingerprint density at radius 2 is 1.89 bits per heavy atom. The van der Waals surface area contributed by atoms with Gasteiger partial charge in [0.1, 0.15) is 12.4 Å². The number of nitrogens with one attached hydrogen (secondary N) is 1. The minimum Gasteiger partial charge on any atom is -0.492 e. The largest absolute Gasteiger partial charge is 0.492 e. The number of nitrogens with zero attached hydrogens (tertiary/aromatic N) is 1. The highest BCUT2D eigenvalue weighted by molar-refractivity contribution is 5.71. The number of hydrogen-bond donors (Lipinski definition) is 1. The number of hydrogen-bond acceptors (Lipinski definition) is 3. The zero-order valence-electron chi connectivity index (χ0n) is 10.6. The molecule has 1 aliphatic rings. The number of benzene rings is 1. The van der Waals surface area contributed by atoms with E-state index in [9.17, 15) is 4.79 Å². The van der Waals surface area contributed by atoms with Crippen molar-refractivity contribution in [1.29, 1.82) is 0 Å². The average molecular weight is 248 g/mol. The highest BCUT2D eigenvalue weighted by Crippen LogP contribution is 2.15. The molecule has 0 aromatic heterocycles. The van der Waals surface area contributed by atoms with Crippen molar-refractivity contribution in [2.45, 2.75) is 19.3 Å². The molecule has 1 aromatic rings. The minimum absolute atomic E-state index is 0.673. The molecule has 1 aromatic carbocycles. The van der Waals surface area contributed by atoms with E-state index in [1.54, 1.807) is 0 Å². The molecule has 4 nitrogen and oxygen atoms in total. The Kier molecular flexibility index (Phi) is 5.02. The van der Waals surface area contributed by atoms with E-state index in [1.807, 2.05) is 24.3 Å². The molecule has 0 bridgehead atoms. The van der Waals surface area contributed by atoms with Gasteiger partial charge in [-0.1, -0.05) is 6.42 Å². The number of carbonyl (C=O) groups excluding carboxylic acids is 1. The van der Waals surface area contributed by atoms with Gasteiger partial charge in [-0.3, -0.25) is 9.69 Å². The first-order chi connectivity index (χ1) is 8.88. The quantitative estimate of drug-likeness (QED) is 0.784. The van der Waals surface area contributed by atoms with Crippen LogP contribution in [0.2, 0.25) is 0 Å². The lowest BCUT2D eigenvalue weighted by Gasteiger charge is -2.26. The van der Waals surface area contributed by atoms with E-state index in [-0.39, 0.29) is 0 Å². The molecule has 4 heteroatoms. The van der Waals surface area contributed by atoms with Crippen molar-refractivity contribution in [3.8, 4) is 5.75 Å². The van der Waals surface area contributed by atoms with Gasteiger partial charge < -0.3 is 10.1 Å².